The second-order valence-electron chi connectivity index (χ2n) is 7.06. The molecule has 3 rings (SSSR count). The van der Waals surface area contributed by atoms with Crippen molar-refractivity contribution in [1.82, 2.24) is 4.90 Å². The number of nitrogens with zero attached hydrogens (tertiary/aromatic N) is 1. The first kappa shape index (κ1) is 14.6. The quantitative estimate of drug-likeness (QED) is 0.928. The molecule has 1 aliphatic carbocycles. The molecule has 1 heterocycles. The molecular formula is C18H26N2O. The molecule has 0 unspecified atom stereocenters. The fraction of sp³-hybridized carbons (Fsp3) is 0.611. The molecule has 1 saturated heterocycles. The highest BCUT2D eigenvalue weighted by Gasteiger charge is 2.44. The summed E-state index contributed by atoms with van der Waals surface area (Å²) in [5, 5.41) is 0. The van der Waals surface area contributed by atoms with Crippen molar-refractivity contribution in [2.45, 2.75) is 44.4 Å². The second-order valence-corrected chi connectivity index (χ2v) is 7.06. The number of hydrogen-bond donors (Lipinski definition) is 1. The molecular weight excluding hydrogens is 260 g/mol. The van der Waals surface area contributed by atoms with Gasteiger partial charge in [0.25, 0.3) is 0 Å². The van der Waals surface area contributed by atoms with Crippen LogP contribution in [0.3, 0.4) is 0 Å². The summed E-state index contributed by atoms with van der Waals surface area (Å²) >= 11 is 0. The molecule has 3 nitrogen and oxygen atoms in total. The Balaban J connectivity index is 1.70. The molecule has 1 aliphatic heterocycles. The summed E-state index contributed by atoms with van der Waals surface area (Å²) in [6.45, 7) is 4.48. The molecule has 2 N–H and O–H groups in total. The minimum Gasteiger partial charge on any atom is -0.342 e. The predicted molar refractivity (Wildman–Crippen MR) is 84.9 cm³/mol. The van der Waals surface area contributed by atoms with Crippen LogP contribution >= 0.6 is 0 Å². The standard InChI is InChI=1S/C18H26N2O/c1-17(8-5-9-17)16(21)20-12-10-18(14-19,11-13-20)15-6-3-2-4-7-15/h2-4,6-7H,5,8-14,19H2,1H3. The third kappa shape index (κ3) is 2.48. The lowest BCUT2D eigenvalue weighted by Crippen LogP contribution is -2.53. The summed E-state index contributed by atoms with van der Waals surface area (Å²) in [6.07, 6.45) is 5.28. The molecule has 0 bridgehead atoms. The molecule has 1 amide bonds. The van der Waals surface area contributed by atoms with E-state index in [1.807, 2.05) is 6.07 Å². The van der Waals surface area contributed by atoms with Gasteiger partial charge in [0.1, 0.15) is 0 Å². The number of rotatable bonds is 3. The van der Waals surface area contributed by atoms with E-state index in [0.717, 1.165) is 38.8 Å². The molecule has 3 heteroatoms. The van der Waals surface area contributed by atoms with Gasteiger partial charge in [-0.05, 0) is 31.2 Å². The molecule has 21 heavy (non-hydrogen) atoms. The lowest BCUT2D eigenvalue weighted by atomic mass is 9.68. The van der Waals surface area contributed by atoms with Crippen LogP contribution in [0.1, 0.15) is 44.6 Å². The molecule has 114 valence electrons. The number of carbonyl (C=O) groups excluding carboxylic acids is 1. The molecule has 0 spiro atoms. The van der Waals surface area contributed by atoms with Crippen LogP contribution in [-0.2, 0) is 10.2 Å². The Bertz CT molecular complexity index is 499. The highest BCUT2D eigenvalue weighted by molar-refractivity contribution is 5.83. The Morgan fingerprint density at radius 1 is 1.14 bits per heavy atom. The zero-order valence-corrected chi connectivity index (χ0v) is 13.0. The van der Waals surface area contributed by atoms with Crippen LogP contribution in [0.15, 0.2) is 30.3 Å². The molecule has 1 aromatic rings. The number of likely N-dealkylation sites (tertiary alicyclic amines) is 1. The minimum absolute atomic E-state index is 0.0541. The van der Waals surface area contributed by atoms with Crippen molar-refractivity contribution < 1.29 is 4.79 Å². The monoisotopic (exact) mass is 286 g/mol. The Kier molecular flexibility index (Phi) is 3.78. The van der Waals surface area contributed by atoms with Crippen molar-refractivity contribution in [3.63, 3.8) is 0 Å². The van der Waals surface area contributed by atoms with Crippen LogP contribution < -0.4 is 5.73 Å². The van der Waals surface area contributed by atoms with Gasteiger partial charge < -0.3 is 10.6 Å². The van der Waals surface area contributed by atoms with E-state index >= 15 is 0 Å². The van der Waals surface area contributed by atoms with Crippen LogP contribution in [0, 0.1) is 5.41 Å². The van der Waals surface area contributed by atoms with Crippen LogP contribution in [0.4, 0.5) is 0 Å². The van der Waals surface area contributed by atoms with E-state index in [-0.39, 0.29) is 10.8 Å². The van der Waals surface area contributed by atoms with Crippen molar-refractivity contribution in [3.8, 4) is 0 Å². The van der Waals surface area contributed by atoms with E-state index < -0.39 is 0 Å². The number of amides is 1. The molecule has 2 fully saturated rings. The minimum atomic E-state index is -0.0739. The van der Waals surface area contributed by atoms with E-state index in [9.17, 15) is 4.79 Å². The SMILES string of the molecule is CC1(C(=O)N2CCC(CN)(c3ccccc3)CC2)CCC1. The van der Waals surface area contributed by atoms with Gasteiger partial charge in [-0.1, -0.05) is 43.7 Å². The predicted octanol–water partition coefficient (Wildman–Crippen LogP) is 2.70. The van der Waals surface area contributed by atoms with Crippen molar-refractivity contribution in [1.29, 1.82) is 0 Å². The Morgan fingerprint density at radius 2 is 1.76 bits per heavy atom. The first-order valence-corrected chi connectivity index (χ1v) is 8.15. The summed E-state index contributed by atoms with van der Waals surface area (Å²) in [5.74, 6) is 0.368. The number of hydrogen-bond acceptors (Lipinski definition) is 2. The topological polar surface area (TPSA) is 46.3 Å². The molecule has 0 radical (unpaired) electrons. The highest BCUT2D eigenvalue weighted by atomic mass is 16.2. The average molecular weight is 286 g/mol. The third-order valence-electron chi connectivity index (χ3n) is 5.76. The van der Waals surface area contributed by atoms with Crippen molar-refractivity contribution >= 4 is 5.91 Å². The van der Waals surface area contributed by atoms with Gasteiger partial charge in [0.15, 0.2) is 0 Å². The van der Waals surface area contributed by atoms with Crippen LogP contribution in [0.25, 0.3) is 0 Å². The Morgan fingerprint density at radius 3 is 2.24 bits per heavy atom. The molecule has 1 aromatic carbocycles. The van der Waals surface area contributed by atoms with Gasteiger partial charge >= 0.3 is 0 Å². The van der Waals surface area contributed by atoms with Crippen molar-refractivity contribution in [2.24, 2.45) is 11.1 Å². The fourth-order valence-electron chi connectivity index (χ4n) is 3.84. The van der Waals surface area contributed by atoms with Crippen LogP contribution in [-0.4, -0.2) is 30.4 Å². The zero-order chi connectivity index (χ0) is 14.9. The number of carbonyl (C=O) groups is 1. The maximum Gasteiger partial charge on any atom is 0.228 e. The van der Waals surface area contributed by atoms with E-state index in [1.165, 1.54) is 12.0 Å². The second kappa shape index (κ2) is 5.45. The first-order valence-electron chi connectivity index (χ1n) is 8.15. The molecule has 0 aromatic heterocycles. The van der Waals surface area contributed by atoms with E-state index in [4.69, 9.17) is 5.73 Å². The summed E-state index contributed by atoms with van der Waals surface area (Å²) < 4.78 is 0. The van der Waals surface area contributed by atoms with Gasteiger partial charge in [-0.3, -0.25) is 4.79 Å². The van der Waals surface area contributed by atoms with Gasteiger partial charge in [0.05, 0.1) is 0 Å². The van der Waals surface area contributed by atoms with Gasteiger partial charge in [-0.25, -0.2) is 0 Å². The molecule has 1 saturated carbocycles. The number of benzene rings is 1. The summed E-state index contributed by atoms with van der Waals surface area (Å²) in [7, 11) is 0. The lowest BCUT2D eigenvalue weighted by Gasteiger charge is -2.46. The van der Waals surface area contributed by atoms with Crippen LogP contribution in [0.2, 0.25) is 0 Å². The zero-order valence-electron chi connectivity index (χ0n) is 13.0. The average Bonchev–Trinajstić information content (AvgIpc) is 2.53. The Hall–Kier alpha value is -1.35. The summed E-state index contributed by atoms with van der Waals surface area (Å²) in [5.41, 5.74) is 7.42. The lowest BCUT2D eigenvalue weighted by molar-refractivity contribution is -0.147. The maximum absolute atomic E-state index is 12.6. The first-order chi connectivity index (χ1) is 10.1. The normalized spacial score (nSPS) is 23.4. The Labute approximate surface area is 127 Å². The largest absolute Gasteiger partial charge is 0.342 e. The van der Waals surface area contributed by atoms with Gasteiger partial charge in [-0.15, -0.1) is 0 Å². The summed E-state index contributed by atoms with van der Waals surface area (Å²) in [4.78, 5) is 14.7. The fourth-order valence-corrected chi connectivity index (χ4v) is 3.84. The molecule has 0 atom stereocenters. The van der Waals surface area contributed by atoms with Gasteiger partial charge in [-0.2, -0.15) is 0 Å². The molecule has 2 aliphatic rings. The van der Waals surface area contributed by atoms with Crippen molar-refractivity contribution in [3.05, 3.63) is 35.9 Å². The summed E-state index contributed by atoms with van der Waals surface area (Å²) in [6, 6.07) is 10.6. The maximum atomic E-state index is 12.6. The van der Waals surface area contributed by atoms with Crippen molar-refractivity contribution in [2.75, 3.05) is 19.6 Å². The smallest absolute Gasteiger partial charge is 0.228 e. The highest BCUT2D eigenvalue weighted by Crippen LogP contribution is 2.43. The van der Waals surface area contributed by atoms with E-state index in [2.05, 4.69) is 36.1 Å². The van der Waals surface area contributed by atoms with Gasteiger partial charge in [0, 0.05) is 30.5 Å². The van der Waals surface area contributed by atoms with Crippen LogP contribution in [0.5, 0.6) is 0 Å². The van der Waals surface area contributed by atoms with Gasteiger partial charge in [0.2, 0.25) is 5.91 Å². The number of piperidine rings is 1. The third-order valence-corrected chi connectivity index (χ3v) is 5.76. The van der Waals surface area contributed by atoms with E-state index in [1.54, 1.807) is 0 Å². The number of nitrogens with two attached hydrogens (primary N) is 1. The van der Waals surface area contributed by atoms with E-state index in [0.29, 0.717) is 12.5 Å².